The highest BCUT2D eigenvalue weighted by atomic mass is 35.5. The Kier molecular flexibility index (Phi) is 11.8. The Morgan fingerprint density at radius 2 is 1.69 bits per heavy atom. The average Bonchev–Trinajstić information content (AvgIpc) is 3.24. The number of hydrogen-bond acceptors (Lipinski definition) is 5. The molecule has 0 bridgehead atoms. The molecule has 2 aromatic carbocycles. The number of carbonyl (C=O) groups is 4. The molecule has 1 aliphatic rings. The molecule has 0 radical (unpaired) electrons. The lowest BCUT2D eigenvalue weighted by Crippen LogP contribution is -2.48. The van der Waals surface area contributed by atoms with Crippen molar-refractivity contribution in [2.45, 2.75) is 77.0 Å². The summed E-state index contributed by atoms with van der Waals surface area (Å²) in [4.78, 5) is 50.6. The molecule has 1 saturated heterocycles. The second-order valence-corrected chi connectivity index (χ2v) is 11.5. The largest absolute Gasteiger partial charge is 0.489 e. The van der Waals surface area contributed by atoms with E-state index in [1.807, 2.05) is 19.9 Å². The van der Waals surface area contributed by atoms with Crippen LogP contribution in [-0.2, 0) is 32.2 Å². The van der Waals surface area contributed by atoms with E-state index in [1.54, 1.807) is 47.4 Å². The molecule has 1 heterocycles. The van der Waals surface area contributed by atoms with Gasteiger partial charge in [-0.1, -0.05) is 53.1 Å². The Bertz CT molecular complexity index is 1300. The van der Waals surface area contributed by atoms with Crippen molar-refractivity contribution in [3.05, 3.63) is 75.3 Å². The Labute approximate surface area is 255 Å². The van der Waals surface area contributed by atoms with Crippen molar-refractivity contribution in [2.24, 2.45) is 0 Å². The predicted octanol–water partition coefficient (Wildman–Crippen LogP) is 5.66. The van der Waals surface area contributed by atoms with Crippen LogP contribution in [0.15, 0.2) is 54.1 Å². The maximum atomic E-state index is 12.9. The summed E-state index contributed by atoms with van der Waals surface area (Å²) in [6.07, 6.45) is 2.96. The summed E-state index contributed by atoms with van der Waals surface area (Å²) in [6.45, 7) is 4.33. The number of benzene rings is 2. The van der Waals surface area contributed by atoms with E-state index in [1.165, 1.54) is 0 Å². The van der Waals surface area contributed by atoms with Gasteiger partial charge in [0.1, 0.15) is 18.4 Å². The molecule has 1 fully saturated rings. The average molecular weight is 620 g/mol. The minimum absolute atomic E-state index is 0.0423. The van der Waals surface area contributed by atoms with E-state index in [4.69, 9.17) is 27.9 Å². The fraction of sp³-hybridized carbons (Fsp3) is 0.419. The van der Waals surface area contributed by atoms with E-state index in [0.29, 0.717) is 39.9 Å². The van der Waals surface area contributed by atoms with E-state index in [0.717, 1.165) is 5.57 Å². The zero-order valence-corrected chi connectivity index (χ0v) is 25.2. The molecular formula is C31H36Cl2N2O7. The van der Waals surface area contributed by atoms with E-state index in [9.17, 15) is 29.4 Å². The third-order valence-electron chi connectivity index (χ3n) is 7.42. The number of ether oxygens (including phenoxy) is 1. The van der Waals surface area contributed by atoms with Gasteiger partial charge in [-0.15, -0.1) is 0 Å². The van der Waals surface area contributed by atoms with Crippen molar-refractivity contribution in [3.63, 3.8) is 0 Å². The van der Waals surface area contributed by atoms with Crippen LogP contribution in [0.1, 0.15) is 63.5 Å². The molecule has 0 aliphatic carbocycles. The molecular weight excluding hydrogens is 583 g/mol. The molecule has 0 saturated carbocycles. The van der Waals surface area contributed by atoms with Gasteiger partial charge >= 0.3 is 11.9 Å². The van der Waals surface area contributed by atoms with Gasteiger partial charge in [0.05, 0.1) is 0 Å². The summed E-state index contributed by atoms with van der Waals surface area (Å²) in [6, 6.07) is 10.9. The van der Waals surface area contributed by atoms with E-state index in [2.05, 4.69) is 5.32 Å². The summed E-state index contributed by atoms with van der Waals surface area (Å²) < 4.78 is 5.77. The second kappa shape index (κ2) is 15.1. The quantitative estimate of drug-likeness (QED) is 0.219. The molecule has 0 spiro atoms. The molecule has 1 aliphatic heterocycles. The van der Waals surface area contributed by atoms with Crippen LogP contribution in [0.5, 0.6) is 5.75 Å². The highest BCUT2D eigenvalue weighted by Crippen LogP contribution is 2.38. The first kappa shape index (κ1) is 32.9. The van der Waals surface area contributed by atoms with Crippen molar-refractivity contribution in [2.75, 3.05) is 6.54 Å². The molecule has 226 valence electrons. The standard InChI is InChI=1S/C31H36Cl2N2O7/c1-20(2)13-17-35-28(37)11-15-31(35,16-12-29(38)39)14-10-27(36)34-26(30(40)41)18-21-6-8-22(9-7-21)42-19-23-24(32)4-3-5-25(23)33/h3-9,13,26H,10-12,14-19H2,1-2H3,(H,34,36)(H,38,39)(H,40,41). The Hall–Kier alpha value is -3.56. The Balaban J connectivity index is 1.61. The number of nitrogens with one attached hydrogen (secondary N) is 1. The molecule has 0 aromatic heterocycles. The number of aliphatic carboxylic acids is 2. The monoisotopic (exact) mass is 618 g/mol. The van der Waals surface area contributed by atoms with Gasteiger partial charge in [-0.3, -0.25) is 14.4 Å². The Morgan fingerprint density at radius 3 is 2.29 bits per heavy atom. The number of allylic oxidation sites excluding steroid dienone is 1. The maximum Gasteiger partial charge on any atom is 0.326 e. The number of carboxylic acid groups (broad SMARTS) is 2. The van der Waals surface area contributed by atoms with Gasteiger partial charge in [0.25, 0.3) is 0 Å². The minimum atomic E-state index is -1.18. The number of nitrogens with zero attached hydrogens (tertiary/aromatic N) is 1. The maximum absolute atomic E-state index is 12.9. The van der Waals surface area contributed by atoms with Gasteiger partial charge in [0.2, 0.25) is 11.8 Å². The first-order valence-corrected chi connectivity index (χ1v) is 14.5. The van der Waals surface area contributed by atoms with E-state index in [-0.39, 0.29) is 51.0 Å². The minimum Gasteiger partial charge on any atom is -0.489 e. The van der Waals surface area contributed by atoms with Gasteiger partial charge in [-0.05, 0) is 62.9 Å². The Morgan fingerprint density at radius 1 is 1.05 bits per heavy atom. The molecule has 2 aromatic rings. The van der Waals surface area contributed by atoms with E-state index < -0.39 is 29.4 Å². The molecule has 2 atom stereocenters. The third-order valence-corrected chi connectivity index (χ3v) is 8.13. The zero-order valence-electron chi connectivity index (χ0n) is 23.7. The van der Waals surface area contributed by atoms with Gasteiger partial charge in [0, 0.05) is 53.4 Å². The predicted molar refractivity (Wildman–Crippen MR) is 160 cm³/mol. The van der Waals surface area contributed by atoms with Crippen LogP contribution in [0.25, 0.3) is 0 Å². The SMILES string of the molecule is CC(C)=CCN1C(=O)CCC1(CCC(=O)O)CCC(=O)NC(Cc1ccc(OCc2c(Cl)cccc2Cl)cc1)C(=O)O. The number of hydrogen-bond donors (Lipinski definition) is 3. The first-order chi connectivity index (χ1) is 19.9. The molecule has 42 heavy (non-hydrogen) atoms. The lowest BCUT2D eigenvalue weighted by molar-refractivity contribution is -0.142. The van der Waals surface area contributed by atoms with Crippen molar-refractivity contribution < 1.29 is 34.1 Å². The lowest BCUT2D eigenvalue weighted by atomic mass is 9.85. The zero-order chi connectivity index (χ0) is 30.9. The highest BCUT2D eigenvalue weighted by molar-refractivity contribution is 6.35. The van der Waals surface area contributed by atoms with E-state index >= 15 is 0 Å². The summed E-state index contributed by atoms with van der Waals surface area (Å²) in [5, 5.41) is 22.7. The lowest BCUT2D eigenvalue weighted by Gasteiger charge is -2.38. The normalized spacial score (nSPS) is 17.0. The van der Waals surface area contributed by atoms with Crippen LogP contribution in [0.4, 0.5) is 0 Å². The first-order valence-electron chi connectivity index (χ1n) is 13.7. The summed E-state index contributed by atoms with van der Waals surface area (Å²) >= 11 is 12.4. The van der Waals surface area contributed by atoms with Crippen LogP contribution in [0.3, 0.4) is 0 Å². The van der Waals surface area contributed by atoms with Crippen molar-refractivity contribution in [1.29, 1.82) is 0 Å². The number of halogens is 2. The third kappa shape index (κ3) is 9.22. The molecule has 2 unspecified atom stereocenters. The number of rotatable bonds is 15. The van der Waals surface area contributed by atoms with Crippen molar-refractivity contribution >= 4 is 47.0 Å². The topological polar surface area (TPSA) is 133 Å². The summed E-state index contributed by atoms with van der Waals surface area (Å²) in [5.41, 5.74) is 1.58. The molecule has 9 nitrogen and oxygen atoms in total. The number of likely N-dealkylation sites (tertiary alicyclic amines) is 1. The van der Waals surface area contributed by atoms with Crippen LogP contribution in [0, 0.1) is 0 Å². The van der Waals surface area contributed by atoms with Gasteiger partial charge in [-0.2, -0.15) is 0 Å². The van der Waals surface area contributed by atoms with Crippen LogP contribution >= 0.6 is 23.2 Å². The van der Waals surface area contributed by atoms with Crippen molar-refractivity contribution in [3.8, 4) is 5.75 Å². The summed E-state index contributed by atoms with van der Waals surface area (Å²) in [7, 11) is 0. The number of carbonyl (C=O) groups excluding carboxylic acids is 2. The summed E-state index contributed by atoms with van der Waals surface area (Å²) in [5.74, 6) is -2.17. The van der Waals surface area contributed by atoms with Gasteiger partial charge in [0.15, 0.2) is 0 Å². The molecule has 2 amide bonds. The molecule has 11 heteroatoms. The molecule has 3 rings (SSSR count). The number of carboxylic acids is 2. The number of amides is 2. The van der Waals surface area contributed by atoms with Crippen molar-refractivity contribution in [1.82, 2.24) is 10.2 Å². The highest BCUT2D eigenvalue weighted by Gasteiger charge is 2.44. The van der Waals surface area contributed by atoms with Crippen LogP contribution in [0.2, 0.25) is 10.0 Å². The van der Waals surface area contributed by atoms with Gasteiger partial charge < -0.3 is 25.2 Å². The molecule has 3 N–H and O–H groups in total. The fourth-order valence-corrected chi connectivity index (χ4v) is 5.53. The smallest absolute Gasteiger partial charge is 0.326 e. The van der Waals surface area contributed by atoms with Crippen LogP contribution < -0.4 is 10.1 Å². The van der Waals surface area contributed by atoms with Gasteiger partial charge in [-0.25, -0.2) is 4.79 Å². The second-order valence-electron chi connectivity index (χ2n) is 10.7. The van der Waals surface area contributed by atoms with Crippen LogP contribution in [-0.4, -0.2) is 57.0 Å². The fourth-order valence-electron chi connectivity index (χ4n) is 5.02.